The number of carbonyl (C=O) groups excluding carboxylic acids is 2. The van der Waals surface area contributed by atoms with Gasteiger partial charge < -0.3 is 4.18 Å². The molecule has 0 saturated heterocycles. The number of fused-ring (bicyclic) bond motifs is 1. The van der Waals surface area contributed by atoms with E-state index in [4.69, 9.17) is 4.18 Å². The smallest absolute Gasteiger partial charge is 0.377 e. The SMILES string of the molecule is C=c1c(OS(=O)(=O)c2ccc(C)cc2)c2c(n(C)c1=O)=[N+](c1ccc(I)cc1F)C(=O)N(C1CC1)C2=O. The molecular weight excluding hydrogens is 616 g/mol. The van der Waals surface area contributed by atoms with Crippen LogP contribution in [0.3, 0.4) is 0 Å². The number of amides is 3. The highest BCUT2D eigenvalue weighted by Gasteiger charge is 2.51. The molecule has 9 nitrogen and oxygen atoms in total. The minimum atomic E-state index is -4.51. The Morgan fingerprint density at radius 1 is 1.11 bits per heavy atom. The number of hydrogen-bond donors (Lipinski definition) is 0. The van der Waals surface area contributed by atoms with Gasteiger partial charge in [-0.3, -0.25) is 4.79 Å². The zero-order valence-corrected chi connectivity index (χ0v) is 22.7. The summed E-state index contributed by atoms with van der Waals surface area (Å²) in [6, 6.07) is 8.62. The van der Waals surface area contributed by atoms with Crippen LogP contribution < -0.4 is 25.0 Å². The molecule has 0 spiro atoms. The summed E-state index contributed by atoms with van der Waals surface area (Å²) >= 11 is 1.91. The van der Waals surface area contributed by atoms with Crippen LogP contribution in [0, 0.1) is 16.3 Å². The Balaban J connectivity index is 1.88. The van der Waals surface area contributed by atoms with Crippen LogP contribution >= 0.6 is 22.6 Å². The molecule has 0 radical (unpaired) electrons. The number of aryl methyl sites for hydroxylation is 1. The Hall–Kier alpha value is -3.39. The fourth-order valence-electron chi connectivity index (χ4n) is 4.17. The fraction of sp³-hybridized carbons (Fsp3) is 0.200. The third kappa shape index (κ3) is 4.17. The van der Waals surface area contributed by atoms with Crippen LogP contribution in [0.2, 0.25) is 0 Å². The van der Waals surface area contributed by atoms with E-state index in [2.05, 4.69) is 6.58 Å². The quantitative estimate of drug-likeness (QED) is 0.242. The van der Waals surface area contributed by atoms with E-state index in [1.165, 1.54) is 31.3 Å². The van der Waals surface area contributed by atoms with Crippen molar-refractivity contribution in [1.82, 2.24) is 14.0 Å². The predicted octanol–water partition coefficient (Wildman–Crippen LogP) is 2.18. The Bertz CT molecular complexity index is 1800. The molecule has 12 heteroatoms. The van der Waals surface area contributed by atoms with Gasteiger partial charge in [-0.25, -0.2) is 18.5 Å². The zero-order chi connectivity index (χ0) is 26.8. The zero-order valence-electron chi connectivity index (χ0n) is 19.7. The number of benzene rings is 2. The van der Waals surface area contributed by atoms with E-state index in [9.17, 15) is 22.8 Å². The Morgan fingerprint density at radius 2 is 1.76 bits per heavy atom. The van der Waals surface area contributed by atoms with E-state index in [0.717, 1.165) is 19.6 Å². The predicted molar refractivity (Wildman–Crippen MR) is 140 cm³/mol. The summed E-state index contributed by atoms with van der Waals surface area (Å²) in [6.45, 7) is 5.46. The van der Waals surface area contributed by atoms with Gasteiger partial charge in [0.2, 0.25) is 0 Å². The maximum absolute atomic E-state index is 15.2. The number of pyridine rings is 1. The third-order valence-corrected chi connectivity index (χ3v) is 8.12. The van der Waals surface area contributed by atoms with E-state index in [1.807, 2.05) is 22.6 Å². The summed E-state index contributed by atoms with van der Waals surface area (Å²) in [7, 11) is -3.22. The number of urea groups is 1. The first-order valence-corrected chi connectivity index (χ1v) is 13.6. The number of nitrogens with zero attached hydrogens (tertiary/aromatic N) is 3. The van der Waals surface area contributed by atoms with E-state index >= 15 is 4.39 Å². The molecule has 190 valence electrons. The highest BCUT2D eigenvalue weighted by Crippen LogP contribution is 2.32. The molecule has 2 heterocycles. The van der Waals surface area contributed by atoms with Crippen molar-refractivity contribution < 1.29 is 26.6 Å². The summed E-state index contributed by atoms with van der Waals surface area (Å²) < 4.78 is 49.3. The molecule has 0 bridgehead atoms. The molecule has 1 aliphatic heterocycles. The lowest BCUT2D eigenvalue weighted by molar-refractivity contribution is 0.0769. The molecule has 1 aliphatic carbocycles. The van der Waals surface area contributed by atoms with Gasteiger partial charge in [-0.2, -0.15) is 17.9 Å². The molecule has 0 N–H and O–H groups in total. The molecule has 2 aliphatic rings. The molecule has 5 rings (SSSR count). The molecular formula is C25H20FIN3O6S+. The van der Waals surface area contributed by atoms with Crippen molar-refractivity contribution in [3.63, 3.8) is 0 Å². The van der Waals surface area contributed by atoms with Crippen molar-refractivity contribution in [2.45, 2.75) is 30.7 Å². The normalized spacial score (nSPS) is 15.7. The maximum Gasteiger partial charge on any atom is 0.451 e. The van der Waals surface area contributed by atoms with Crippen molar-refractivity contribution in [2.75, 3.05) is 0 Å². The van der Waals surface area contributed by atoms with Gasteiger partial charge in [0.15, 0.2) is 17.1 Å². The van der Waals surface area contributed by atoms with Crippen molar-refractivity contribution in [2.24, 2.45) is 7.05 Å². The molecule has 1 fully saturated rings. The average Bonchev–Trinajstić information content (AvgIpc) is 3.66. The second kappa shape index (κ2) is 8.87. The molecule has 3 aromatic rings. The Morgan fingerprint density at radius 3 is 2.35 bits per heavy atom. The largest absolute Gasteiger partial charge is 0.451 e. The minimum absolute atomic E-state index is 0.203. The van der Waals surface area contributed by atoms with Gasteiger partial charge in [-0.05, 0) is 72.7 Å². The van der Waals surface area contributed by atoms with E-state index < -0.39 is 50.4 Å². The van der Waals surface area contributed by atoms with Gasteiger partial charge in [-0.1, -0.05) is 24.3 Å². The lowest BCUT2D eigenvalue weighted by Gasteiger charge is -2.24. The molecule has 0 atom stereocenters. The van der Waals surface area contributed by atoms with Crippen LogP contribution in [0.15, 0.2) is 52.2 Å². The van der Waals surface area contributed by atoms with Crippen LogP contribution in [-0.4, -0.2) is 35.9 Å². The van der Waals surface area contributed by atoms with Crippen LogP contribution in [0.4, 0.5) is 14.9 Å². The molecule has 0 unspecified atom stereocenters. The first-order valence-electron chi connectivity index (χ1n) is 11.1. The Labute approximate surface area is 224 Å². The van der Waals surface area contributed by atoms with E-state index in [-0.39, 0.29) is 21.6 Å². The summed E-state index contributed by atoms with van der Waals surface area (Å²) in [5.74, 6) is -2.21. The lowest BCUT2D eigenvalue weighted by Crippen LogP contribution is -2.60. The number of hydrogen-bond acceptors (Lipinski definition) is 6. The summed E-state index contributed by atoms with van der Waals surface area (Å²) in [5.41, 5.74) is -0.884. The van der Waals surface area contributed by atoms with Gasteiger partial charge in [0.25, 0.3) is 5.49 Å². The number of rotatable bonds is 5. The number of carbonyl (C=O) groups is 2. The number of halogens is 2. The standard InChI is InChI=1S/C25H20FIN3O6S/c1-13-4-9-17(10-5-13)37(34,35)36-21-14(2)23(31)28(3)22-20(21)24(32)29(16-7-8-16)25(33)30(22)19-11-6-15(27)12-18(19)26/h4-6,9-12,16H,2,7-8H2,1,3H3/q+1. The van der Waals surface area contributed by atoms with E-state index in [1.54, 1.807) is 25.1 Å². The lowest BCUT2D eigenvalue weighted by atomic mass is 10.1. The minimum Gasteiger partial charge on any atom is -0.377 e. The number of aromatic nitrogens is 1. The summed E-state index contributed by atoms with van der Waals surface area (Å²) in [6.07, 6.45) is 1.08. The van der Waals surface area contributed by atoms with Crippen LogP contribution in [0.25, 0.3) is 6.58 Å². The average molecular weight is 636 g/mol. The summed E-state index contributed by atoms with van der Waals surface area (Å²) in [4.78, 5) is 41.2. The van der Waals surface area contributed by atoms with Gasteiger partial charge in [-0.15, -0.1) is 0 Å². The van der Waals surface area contributed by atoms with Gasteiger partial charge >= 0.3 is 27.6 Å². The highest BCUT2D eigenvalue weighted by molar-refractivity contribution is 14.1. The second-order valence-corrected chi connectivity index (χ2v) is 11.6. The summed E-state index contributed by atoms with van der Waals surface area (Å²) in [5, 5.41) is -0.390. The molecule has 37 heavy (non-hydrogen) atoms. The molecule has 1 saturated carbocycles. The molecule has 3 amide bonds. The first kappa shape index (κ1) is 25.3. The van der Waals surface area contributed by atoms with E-state index in [0.29, 0.717) is 16.4 Å². The van der Waals surface area contributed by atoms with Gasteiger partial charge in [0.1, 0.15) is 10.6 Å². The van der Waals surface area contributed by atoms with Crippen molar-refractivity contribution in [3.8, 4) is 5.75 Å². The Kier molecular flexibility index (Phi) is 6.06. The van der Waals surface area contributed by atoms with Gasteiger partial charge in [0, 0.05) is 3.57 Å². The number of imide groups is 1. The van der Waals surface area contributed by atoms with Crippen molar-refractivity contribution in [1.29, 1.82) is 0 Å². The van der Waals surface area contributed by atoms with Crippen LogP contribution in [0.5, 0.6) is 5.75 Å². The van der Waals surface area contributed by atoms with Crippen LogP contribution in [-0.2, 0) is 17.2 Å². The van der Waals surface area contributed by atoms with Gasteiger partial charge in [0.05, 0.1) is 18.3 Å². The monoisotopic (exact) mass is 636 g/mol. The first-order chi connectivity index (χ1) is 17.4. The highest BCUT2D eigenvalue weighted by atomic mass is 127. The topological polar surface area (TPSA) is 106 Å². The molecule has 1 aromatic heterocycles. The van der Waals surface area contributed by atoms with Crippen molar-refractivity contribution >= 4 is 56.9 Å². The molecule has 2 aromatic carbocycles. The maximum atomic E-state index is 15.2. The van der Waals surface area contributed by atoms with Crippen LogP contribution in [0.1, 0.15) is 28.8 Å². The fourth-order valence-corrected chi connectivity index (χ4v) is 5.59. The second-order valence-electron chi connectivity index (χ2n) is 8.84. The third-order valence-electron chi connectivity index (χ3n) is 6.21. The van der Waals surface area contributed by atoms with Crippen molar-refractivity contribution in [3.05, 3.63) is 84.0 Å².